The number of hydrogen-bond acceptors (Lipinski definition) is 2. The van der Waals surface area contributed by atoms with Gasteiger partial charge in [0.15, 0.2) is 5.90 Å². The van der Waals surface area contributed by atoms with E-state index >= 15 is 0 Å². The number of aliphatic imine (C=N–C) groups is 1. The highest BCUT2D eigenvalue weighted by molar-refractivity contribution is 5.78. The van der Waals surface area contributed by atoms with Crippen molar-refractivity contribution in [3.05, 3.63) is 72.9 Å². The van der Waals surface area contributed by atoms with E-state index in [0.717, 1.165) is 57.3 Å². The van der Waals surface area contributed by atoms with Crippen LogP contribution < -0.4 is 0 Å². The van der Waals surface area contributed by atoms with E-state index in [0.29, 0.717) is 6.61 Å². The Hall–Kier alpha value is -2.09. The van der Waals surface area contributed by atoms with Crippen LogP contribution >= 0.6 is 0 Å². The molecule has 0 saturated carbocycles. The molecule has 0 saturated heterocycles. The maximum atomic E-state index is 5.59. The Morgan fingerprint density at radius 3 is 1.54 bits per heavy atom. The first-order valence-corrected chi connectivity index (χ1v) is 10.8. The van der Waals surface area contributed by atoms with Gasteiger partial charge in [0, 0.05) is 6.42 Å². The summed E-state index contributed by atoms with van der Waals surface area (Å²) in [5.74, 6) is 0.907. The summed E-state index contributed by atoms with van der Waals surface area (Å²) in [6, 6.07) is 0. The maximum absolute atomic E-state index is 5.59. The monoisotopic (exact) mass is 381 g/mol. The van der Waals surface area contributed by atoms with Crippen LogP contribution in [0.1, 0.15) is 72.1 Å². The quantitative estimate of drug-likeness (QED) is 0.283. The van der Waals surface area contributed by atoms with Crippen molar-refractivity contribution in [2.75, 3.05) is 6.61 Å². The van der Waals surface area contributed by atoms with Crippen molar-refractivity contribution in [3.63, 3.8) is 0 Å². The smallest absolute Gasteiger partial charge is 0.184 e. The molecule has 154 valence electrons. The van der Waals surface area contributed by atoms with Gasteiger partial charge in [-0.15, -0.1) is 0 Å². The van der Waals surface area contributed by atoms with Crippen molar-refractivity contribution in [2.45, 2.75) is 77.7 Å². The molecule has 0 aromatic carbocycles. The minimum absolute atomic E-state index is 0.0339. The van der Waals surface area contributed by atoms with Gasteiger partial charge in [0.1, 0.15) is 6.61 Å². The van der Waals surface area contributed by atoms with Crippen molar-refractivity contribution >= 4 is 5.90 Å². The molecule has 2 heteroatoms. The molecular weight excluding hydrogens is 342 g/mol. The predicted molar refractivity (Wildman–Crippen MR) is 125 cm³/mol. The van der Waals surface area contributed by atoms with Gasteiger partial charge in [0.05, 0.1) is 5.54 Å². The number of allylic oxidation sites excluding steroid dienone is 12. The molecule has 0 unspecified atom stereocenters. The van der Waals surface area contributed by atoms with Crippen LogP contribution in [0.2, 0.25) is 0 Å². The van der Waals surface area contributed by atoms with Gasteiger partial charge >= 0.3 is 0 Å². The third-order valence-corrected chi connectivity index (χ3v) is 4.14. The second-order valence-electron chi connectivity index (χ2n) is 7.56. The van der Waals surface area contributed by atoms with E-state index < -0.39 is 0 Å². The molecule has 1 aliphatic rings. The first-order chi connectivity index (χ1) is 13.6. The molecule has 0 aromatic heterocycles. The Morgan fingerprint density at radius 2 is 1.14 bits per heavy atom. The van der Waals surface area contributed by atoms with Gasteiger partial charge in [-0.1, -0.05) is 79.8 Å². The molecule has 0 aromatic rings. The van der Waals surface area contributed by atoms with Gasteiger partial charge in [0.25, 0.3) is 0 Å². The molecule has 0 bridgehead atoms. The predicted octanol–water partition coefficient (Wildman–Crippen LogP) is 7.67. The average Bonchev–Trinajstić information content (AvgIpc) is 3.02. The molecule has 1 rings (SSSR count). The van der Waals surface area contributed by atoms with E-state index in [2.05, 4.69) is 98.7 Å². The van der Waals surface area contributed by atoms with E-state index in [1.54, 1.807) is 0 Å². The van der Waals surface area contributed by atoms with Crippen LogP contribution in [0.25, 0.3) is 0 Å². The Labute approximate surface area is 173 Å². The second-order valence-corrected chi connectivity index (χ2v) is 7.56. The molecule has 0 atom stereocenters. The summed E-state index contributed by atoms with van der Waals surface area (Å²) >= 11 is 0. The molecule has 0 spiro atoms. The largest absolute Gasteiger partial charge is 0.478 e. The lowest BCUT2D eigenvalue weighted by Crippen LogP contribution is -2.17. The first-order valence-electron chi connectivity index (χ1n) is 10.8. The molecule has 0 amide bonds. The summed E-state index contributed by atoms with van der Waals surface area (Å²) in [7, 11) is 0. The SMILES string of the molecule is CC/C=C\C/C=C\C/C=C\C/C=C\C/C=C\C/C=C\CCC1=NC(C)(C)CO1. The first kappa shape index (κ1) is 23.9. The third kappa shape index (κ3) is 14.0. The van der Waals surface area contributed by atoms with Crippen molar-refractivity contribution in [3.8, 4) is 0 Å². The average molecular weight is 382 g/mol. The molecule has 0 radical (unpaired) electrons. The summed E-state index contributed by atoms with van der Waals surface area (Å²) < 4.78 is 5.59. The van der Waals surface area contributed by atoms with Crippen molar-refractivity contribution in [1.29, 1.82) is 0 Å². The van der Waals surface area contributed by atoms with Crippen LogP contribution in [0, 0.1) is 0 Å². The molecule has 0 fully saturated rings. The zero-order valence-electron chi connectivity index (χ0n) is 18.1. The van der Waals surface area contributed by atoms with Crippen LogP contribution in [-0.2, 0) is 4.74 Å². The van der Waals surface area contributed by atoms with Crippen molar-refractivity contribution in [1.82, 2.24) is 0 Å². The van der Waals surface area contributed by atoms with Crippen LogP contribution in [0.15, 0.2) is 77.9 Å². The maximum Gasteiger partial charge on any atom is 0.184 e. The number of rotatable bonds is 14. The van der Waals surface area contributed by atoms with E-state index in [-0.39, 0.29) is 5.54 Å². The van der Waals surface area contributed by atoms with E-state index in [4.69, 9.17) is 4.74 Å². The molecule has 0 N–H and O–H groups in total. The van der Waals surface area contributed by atoms with Crippen molar-refractivity contribution < 1.29 is 4.74 Å². The highest BCUT2D eigenvalue weighted by atomic mass is 16.5. The van der Waals surface area contributed by atoms with E-state index in [1.807, 2.05) is 0 Å². The highest BCUT2D eigenvalue weighted by Gasteiger charge is 2.25. The van der Waals surface area contributed by atoms with Gasteiger partial charge in [-0.3, -0.25) is 0 Å². The second kappa shape index (κ2) is 15.9. The Balaban J connectivity index is 1.97. The fourth-order valence-electron chi connectivity index (χ4n) is 2.64. The number of nitrogens with zero attached hydrogens (tertiary/aromatic N) is 1. The third-order valence-electron chi connectivity index (χ3n) is 4.14. The fourth-order valence-corrected chi connectivity index (χ4v) is 2.64. The Bertz CT molecular complexity index is 600. The Kier molecular flexibility index (Phi) is 13.6. The lowest BCUT2D eigenvalue weighted by molar-refractivity contribution is 0.274. The number of hydrogen-bond donors (Lipinski definition) is 0. The molecule has 0 aliphatic carbocycles. The van der Waals surface area contributed by atoms with Crippen LogP contribution in [-0.4, -0.2) is 18.0 Å². The summed E-state index contributed by atoms with van der Waals surface area (Å²) in [5, 5.41) is 0. The van der Waals surface area contributed by atoms with Gasteiger partial charge in [-0.2, -0.15) is 0 Å². The molecule has 2 nitrogen and oxygen atoms in total. The normalized spacial score (nSPS) is 17.3. The lowest BCUT2D eigenvalue weighted by atomic mass is 10.1. The summed E-state index contributed by atoms with van der Waals surface area (Å²) in [5.41, 5.74) is -0.0339. The van der Waals surface area contributed by atoms with Crippen LogP contribution in [0.5, 0.6) is 0 Å². The van der Waals surface area contributed by atoms with Crippen LogP contribution in [0.4, 0.5) is 0 Å². The molecule has 1 heterocycles. The lowest BCUT2D eigenvalue weighted by Gasteiger charge is -2.07. The Morgan fingerprint density at radius 1 is 0.714 bits per heavy atom. The van der Waals surface area contributed by atoms with Crippen LogP contribution in [0.3, 0.4) is 0 Å². The zero-order valence-corrected chi connectivity index (χ0v) is 18.1. The van der Waals surface area contributed by atoms with Crippen molar-refractivity contribution in [2.24, 2.45) is 4.99 Å². The summed E-state index contributed by atoms with van der Waals surface area (Å²) in [6.45, 7) is 7.09. The zero-order chi connectivity index (χ0) is 20.3. The van der Waals surface area contributed by atoms with Gasteiger partial charge in [0.2, 0.25) is 0 Å². The molecular formula is C26H39NO. The van der Waals surface area contributed by atoms with Gasteiger partial charge < -0.3 is 4.74 Å². The molecule has 1 aliphatic heterocycles. The summed E-state index contributed by atoms with van der Waals surface area (Å²) in [4.78, 5) is 4.57. The number of ether oxygens (including phenoxy) is 1. The van der Waals surface area contributed by atoms with E-state index in [1.165, 1.54) is 0 Å². The van der Waals surface area contributed by atoms with Gasteiger partial charge in [-0.05, 0) is 58.8 Å². The summed E-state index contributed by atoms with van der Waals surface area (Å²) in [6.07, 6.45) is 34.8. The van der Waals surface area contributed by atoms with Gasteiger partial charge in [-0.25, -0.2) is 4.99 Å². The fraction of sp³-hybridized carbons (Fsp3) is 0.500. The van der Waals surface area contributed by atoms with E-state index in [9.17, 15) is 0 Å². The topological polar surface area (TPSA) is 21.6 Å². The highest BCUT2D eigenvalue weighted by Crippen LogP contribution is 2.18. The standard InChI is InChI=1S/C26H39NO/c1-4-5-6-7-8-9-10-11-12-13-14-15-16-17-18-19-20-21-22-23-25-27-26(2,3)24-28-25/h5-6,8-9,11-12,14-15,17-18,20-21H,4,7,10,13,16,19,22-24H2,1-3H3/b6-5-,9-8-,12-11-,15-14-,18-17-,21-20-. The molecule has 28 heavy (non-hydrogen) atoms. The minimum Gasteiger partial charge on any atom is -0.478 e. The minimum atomic E-state index is -0.0339.